The van der Waals surface area contributed by atoms with Crippen molar-refractivity contribution in [3.05, 3.63) is 35.4 Å². The molecule has 19 heavy (non-hydrogen) atoms. The second-order valence-electron chi connectivity index (χ2n) is 4.99. The number of aliphatic hydroxyl groups is 1. The first-order chi connectivity index (χ1) is 8.91. The Kier molecular flexibility index (Phi) is 5.51. The average Bonchev–Trinajstić information content (AvgIpc) is 2.38. The SMILES string of the molecule is CCOC(=O)C(O)c1ccccc1CC(C)(C)OC. The lowest BCUT2D eigenvalue weighted by atomic mass is 9.92. The van der Waals surface area contributed by atoms with Crippen LogP contribution in [0.2, 0.25) is 0 Å². The summed E-state index contributed by atoms with van der Waals surface area (Å²) in [5, 5.41) is 10.1. The van der Waals surface area contributed by atoms with Gasteiger partial charge in [0.15, 0.2) is 6.10 Å². The van der Waals surface area contributed by atoms with Crippen molar-refractivity contribution in [2.24, 2.45) is 0 Å². The number of hydrogen-bond donors (Lipinski definition) is 1. The smallest absolute Gasteiger partial charge is 0.339 e. The average molecular weight is 266 g/mol. The summed E-state index contributed by atoms with van der Waals surface area (Å²) in [6.07, 6.45) is -0.639. The Morgan fingerprint density at radius 1 is 1.37 bits per heavy atom. The fourth-order valence-corrected chi connectivity index (χ4v) is 1.84. The predicted octanol–water partition coefficient (Wildman–Crippen LogP) is 2.25. The summed E-state index contributed by atoms with van der Waals surface area (Å²) in [6, 6.07) is 7.30. The van der Waals surface area contributed by atoms with Gasteiger partial charge in [0.2, 0.25) is 0 Å². The Morgan fingerprint density at radius 3 is 2.58 bits per heavy atom. The van der Waals surface area contributed by atoms with Crippen molar-refractivity contribution in [2.75, 3.05) is 13.7 Å². The van der Waals surface area contributed by atoms with E-state index in [9.17, 15) is 9.90 Å². The summed E-state index contributed by atoms with van der Waals surface area (Å²) in [6.45, 7) is 5.88. The zero-order valence-corrected chi connectivity index (χ0v) is 12.0. The number of carbonyl (C=O) groups excluding carboxylic acids is 1. The lowest BCUT2D eigenvalue weighted by Crippen LogP contribution is -2.27. The third-order valence-electron chi connectivity index (χ3n) is 3.03. The molecule has 1 rings (SSSR count). The van der Waals surface area contributed by atoms with E-state index in [0.717, 1.165) is 5.56 Å². The minimum Gasteiger partial charge on any atom is -0.464 e. The monoisotopic (exact) mass is 266 g/mol. The van der Waals surface area contributed by atoms with Crippen LogP contribution in [0.1, 0.15) is 38.0 Å². The van der Waals surface area contributed by atoms with E-state index in [1.165, 1.54) is 0 Å². The van der Waals surface area contributed by atoms with E-state index < -0.39 is 12.1 Å². The maximum atomic E-state index is 11.6. The quantitative estimate of drug-likeness (QED) is 0.802. The zero-order chi connectivity index (χ0) is 14.5. The molecule has 0 saturated heterocycles. The highest BCUT2D eigenvalue weighted by molar-refractivity contribution is 5.76. The standard InChI is InChI=1S/C15H22O4/c1-5-19-14(17)13(16)12-9-7-6-8-11(12)10-15(2,3)18-4/h6-9,13,16H,5,10H2,1-4H3. The Balaban J connectivity index is 2.98. The van der Waals surface area contributed by atoms with Gasteiger partial charge < -0.3 is 14.6 Å². The molecule has 0 aliphatic heterocycles. The van der Waals surface area contributed by atoms with Crippen LogP contribution in [0.5, 0.6) is 0 Å². The molecule has 1 aromatic rings. The first-order valence-corrected chi connectivity index (χ1v) is 6.39. The maximum absolute atomic E-state index is 11.6. The number of esters is 1. The molecule has 1 aromatic carbocycles. The van der Waals surface area contributed by atoms with Gasteiger partial charge in [-0.15, -0.1) is 0 Å². The highest BCUT2D eigenvalue weighted by Crippen LogP contribution is 2.24. The Hall–Kier alpha value is -1.39. The highest BCUT2D eigenvalue weighted by atomic mass is 16.5. The van der Waals surface area contributed by atoms with Crippen LogP contribution in [-0.2, 0) is 20.7 Å². The first kappa shape index (κ1) is 15.7. The topological polar surface area (TPSA) is 55.8 Å². The van der Waals surface area contributed by atoms with Gasteiger partial charge in [-0.25, -0.2) is 4.79 Å². The molecule has 0 radical (unpaired) electrons. The molecule has 0 aromatic heterocycles. The predicted molar refractivity (Wildman–Crippen MR) is 72.8 cm³/mol. The van der Waals surface area contributed by atoms with Crippen molar-refractivity contribution in [2.45, 2.75) is 38.9 Å². The van der Waals surface area contributed by atoms with Crippen LogP contribution in [0.15, 0.2) is 24.3 Å². The molecule has 4 heteroatoms. The van der Waals surface area contributed by atoms with Crippen LogP contribution >= 0.6 is 0 Å². The molecule has 0 spiro atoms. The molecule has 0 aliphatic carbocycles. The fourth-order valence-electron chi connectivity index (χ4n) is 1.84. The van der Waals surface area contributed by atoms with E-state index in [1.54, 1.807) is 26.2 Å². The minimum atomic E-state index is -1.25. The molecule has 0 amide bonds. The van der Waals surface area contributed by atoms with E-state index >= 15 is 0 Å². The first-order valence-electron chi connectivity index (χ1n) is 6.39. The fraction of sp³-hybridized carbons (Fsp3) is 0.533. The Labute approximate surface area is 114 Å². The third kappa shape index (κ3) is 4.33. The van der Waals surface area contributed by atoms with E-state index in [1.807, 2.05) is 26.0 Å². The van der Waals surface area contributed by atoms with Gasteiger partial charge in [-0.05, 0) is 31.9 Å². The number of benzene rings is 1. The number of ether oxygens (including phenoxy) is 2. The second kappa shape index (κ2) is 6.68. The van der Waals surface area contributed by atoms with Gasteiger partial charge in [-0.2, -0.15) is 0 Å². The van der Waals surface area contributed by atoms with Crippen LogP contribution in [0.3, 0.4) is 0 Å². The lowest BCUT2D eigenvalue weighted by molar-refractivity contribution is -0.153. The second-order valence-corrected chi connectivity index (χ2v) is 4.99. The van der Waals surface area contributed by atoms with Crippen LogP contribution < -0.4 is 0 Å². The van der Waals surface area contributed by atoms with Crippen molar-refractivity contribution in [1.82, 2.24) is 0 Å². The van der Waals surface area contributed by atoms with Crippen molar-refractivity contribution in [1.29, 1.82) is 0 Å². The molecule has 0 saturated carbocycles. The van der Waals surface area contributed by atoms with E-state index in [-0.39, 0.29) is 12.2 Å². The summed E-state index contributed by atoms with van der Waals surface area (Å²) in [5.41, 5.74) is 1.10. The van der Waals surface area contributed by atoms with Crippen molar-refractivity contribution in [3.8, 4) is 0 Å². The van der Waals surface area contributed by atoms with Gasteiger partial charge >= 0.3 is 5.97 Å². The molecule has 0 heterocycles. The number of methoxy groups -OCH3 is 1. The highest BCUT2D eigenvalue weighted by Gasteiger charge is 2.25. The van der Waals surface area contributed by atoms with E-state index in [0.29, 0.717) is 12.0 Å². The number of aliphatic hydroxyl groups excluding tert-OH is 1. The van der Waals surface area contributed by atoms with Crippen LogP contribution in [0.4, 0.5) is 0 Å². The molecule has 0 bridgehead atoms. The Morgan fingerprint density at radius 2 is 2.00 bits per heavy atom. The van der Waals surface area contributed by atoms with Gasteiger partial charge in [0, 0.05) is 13.5 Å². The molecule has 1 unspecified atom stereocenters. The van der Waals surface area contributed by atoms with Gasteiger partial charge in [0.05, 0.1) is 12.2 Å². The van der Waals surface area contributed by atoms with Gasteiger partial charge in [0.25, 0.3) is 0 Å². The lowest BCUT2D eigenvalue weighted by Gasteiger charge is -2.25. The maximum Gasteiger partial charge on any atom is 0.339 e. The van der Waals surface area contributed by atoms with Crippen LogP contribution in [-0.4, -0.2) is 30.4 Å². The van der Waals surface area contributed by atoms with E-state index in [4.69, 9.17) is 9.47 Å². The summed E-state index contributed by atoms with van der Waals surface area (Å²) < 4.78 is 10.2. The molecule has 4 nitrogen and oxygen atoms in total. The zero-order valence-electron chi connectivity index (χ0n) is 12.0. The molecular weight excluding hydrogens is 244 g/mol. The summed E-state index contributed by atoms with van der Waals surface area (Å²) in [4.78, 5) is 11.6. The largest absolute Gasteiger partial charge is 0.464 e. The summed E-state index contributed by atoms with van der Waals surface area (Å²) in [7, 11) is 1.64. The third-order valence-corrected chi connectivity index (χ3v) is 3.03. The van der Waals surface area contributed by atoms with Crippen LogP contribution in [0.25, 0.3) is 0 Å². The Bertz CT molecular complexity index is 426. The summed E-state index contributed by atoms with van der Waals surface area (Å²) >= 11 is 0. The number of rotatable bonds is 6. The van der Waals surface area contributed by atoms with Gasteiger partial charge in [-0.3, -0.25) is 0 Å². The molecule has 1 atom stereocenters. The minimum absolute atomic E-state index is 0.252. The number of hydrogen-bond acceptors (Lipinski definition) is 4. The van der Waals surface area contributed by atoms with Gasteiger partial charge in [-0.1, -0.05) is 24.3 Å². The molecule has 0 aliphatic rings. The molecule has 106 valence electrons. The van der Waals surface area contributed by atoms with E-state index in [2.05, 4.69) is 0 Å². The van der Waals surface area contributed by atoms with Gasteiger partial charge in [0.1, 0.15) is 0 Å². The van der Waals surface area contributed by atoms with Crippen molar-refractivity contribution in [3.63, 3.8) is 0 Å². The summed E-state index contributed by atoms with van der Waals surface area (Å²) in [5.74, 6) is -0.620. The van der Waals surface area contributed by atoms with Crippen molar-refractivity contribution < 1.29 is 19.4 Å². The molecular formula is C15H22O4. The van der Waals surface area contributed by atoms with Crippen molar-refractivity contribution >= 4 is 5.97 Å². The normalized spacial score (nSPS) is 13.1. The van der Waals surface area contributed by atoms with Crippen LogP contribution in [0, 0.1) is 0 Å². The molecule has 0 fully saturated rings. The molecule has 1 N–H and O–H groups in total. The number of carbonyl (C=O) groups is 1.